The Morgan fingerprint density at radius 1 is 1.00 bits per heavy atom. The lowest BCUT2D eigenvalue weighted by Crippen LogP contribution is -2.30. The van der Waals surface area contributed by atoms with Gasteiger partial charge in [-0.2, -0.15) is 0 Å². The number of hydrogen-bond acceptors (Lipinski definition) is 3. The monoisotopic (exact) mass is 347 g/mol. The Hall–Kier alpha value is -3.34. The van der Waals surface area contributed by atoms with E-state index in [4.69, 9.17) is 10.5 Å². The third-order valence-corrected chi connectivity index (χ3v) is 4.08. The highest BCUT2D eigenvalue weighted by atomic mass is 16.5. The molecule has 0 unspecified atom stereocenters. The van der Waals surface area contributed by atoms with Gasteiger partial charge >= 0.3 is 0 Å². The van der Waals surface area contributed by atoms with Gasteiger partial charge in [0.15, 0.2) is 0 Å². The third-order valence-electron chi connectivity index (χ3n) is 4.08. The van der Waals surface area contributed by atoms with Crippen LogP contribution in [0, 0.1) is 0 Å². The SMILES string of the molecule is COc1ccc(Cn2cccc(C(N)=NCc3ccccc3)c2=O)cc1. The highest BCUT2D eigenvalue weighted by Crippen LogP contribution is 2.12. The summed E-state index contributed by atoms with van der Waals surface area (Å²) in [5.41, 5.74) is 8.37. The van der Waals surface area contributed by atoms with Crippen LogP contribution >= 0.6 is 0 Å². The maximum absolute atomic E-state index is 12.7. The van der Waals surface area contributed by atoms with E-state index in [9.17, 15) is 4.79 Å². The predicted molar refractivity (Wildman–Crippen MR) is 104 cm³/mol. The number of aliphatic imine (C=N–C) groups is 1. The Labute approximate surface area is 152 Å². The van der Waals surface area contributed by atoms with Crippen LogP contribution in [0.1, 0.15) is 16.7 Å². The maximum Gasteiger partial charge on any atom is 0.261 e. The Balaban J connectivity index is 1.80. The number of hydrogen-bond donors (Lipinski definition) is 1. The van der Waals surface area contributed by atoms with Gasteiger partial charge in [0.05, 0.1) is 25.8 Å². The molecule has 2 aromatic carbocycles. The first-order valence-electron chi connectivity index (χ1n) is 8.34. The molecule has 1 aromatic heterocycles. The molecule has 5 heteroatoms. The van der Waals surface area contributed by atoms with Gasteiger partial charge in [-0.3, -0.25) is 9.79 Å². The van der Waals surface area contributed by atoms with Crippen molar-refractivity contribution in [3.8, 4) is 5.75 Å². The van der Waals surface area contributed by atoms with Gasteiger partial charge in [0, 0.05) is 6.20 Å². The number of amidine groups is 1. The van der Waals surface area contributed by atoms with Gasteiger partial charge < -0.3 is 15.0 Å². The Morgan fingerprint density at radius 3 is 2.42 bits per heavy atom. The first-order valence-corrected chi connectivity index (χ1v) is 8.34. The normalized spacial score (nSPS) is 11.3. The smallest absolute Gasteiger partial charge is 0.261 e. The number of benzene rings is 2. The molecule has 0 aliphatic carbocycles. The summed E-state index contributed by atoms with van der Waals surface area (Å²) in [7, 11) is 1.63. The molecule has 0 saturated heterocycles. The molecule has 0 fully saturated rings. The zero-order valence-corrected chi connectivity index (χ0v) is 14.6. The minimum atomic E-state index is -0.155. The van der Waals surface area contributed by atoms with Gasteiger partial charge in [0.25, 0.3) is 5.56 Å². The van der Waals surface area contributed by atoms with E-state index in [1.807, 2.05) is 60.7 Å². The molecule has 5 nitrogen and oxygen atoms in total. The summed E-state index contributed by atoms with van der Waals surface area (Å²) in [6.45, 7) is 0.905. The van der Waals surface area contributed by atoms with E-state index in [-0.39, 0.29) is 11.4 Å². The number of ether oxygens (including phenoxy) is 1. The van der Waals surface area contributed by atoms with Gasteiger partial charge in [-0.1, -0.05) is 42.5 Å². The van der Waals surface area contributed by atoms with Crippen LogP contribution < -0.4 is 16.0 Å². The number of nitrogens with zero attached hydrogens (tertiary/aromatic N) is 2. The molecular weight excluding hydrogens is 326 g/mol. The van der Waals surface area contributed by atoms with Crippen molar-refractivity contribution in [2.75, 3.05) is 7.11 Å². The number of rotatable bonds is 6. The molecule has 2 N–H and O–H groups in total. The molecular formula is C21H21N3O2. The van der Waals surface area contributed by atoms with Gasteiger partial charge in [0.1, 0.15) is 11.6 Å². The topological polar surface area (TPSA) is 69.6 Å². The Morgan fingerprint density at radius 2 is 1.73 bits per heavy atom. The zero-order valence-electron chi connectivity index (χ0n) is 14.6. The molecule has 0 saturated carbocycles. The van der Waals surface area contributed by atoms with Crippen LogP contribution in [0.2, 0.25) is 0 Å². The van der Waals surface area contributed by atoms with Crippen LogP contribution in [-0.4, -0.2) is 17.5 Å². The van der Waals surface area contributed by atoms with E-state index in [1.165, 1.54) is 0 Å². The summed E-state index contributed by atoms with van der Waals surface area (Å²) >= 11 is 0. The van der Waals surface area contributed by atoms with Crippen molar-refractivity contribution in [1.82, 2.24) is 4.57 Å². The number of aromatic nitrogens is 1. The van der Waals surface area contributed by atoms with Crippen LogP contribution in [-0.2, 0) is 13.1 Å². The summed E-state index contributed by atoms with van der Waals surface area (Å²) < 4.78 is 6.78. The summed E-state index contributed by atoms with van der Waals surface area (Å²) in [5, 5.41) is 0. The predicted octanol–water partition coefficient (Wildman–Crippen LogP) is 2.81. The minimum absolute atomic E-state index is 0.155. The Kier molecular flexibility index (Phi) is 5.49. The lowest BCUT2D eigenvalue weighted by atomic mass is 10.2. The lowest BCUT2D eigenvalue weighted by Gasteiger charge is -2.09. The maximum atomic E-state index is 12.7. The van der Waals surface area contributed by atoms with Gasteiger partial charge in [-0.05, 0) is 35.4 Å². The highest BCUT2D eigenvalue weighted by molar-refractivity contribution is 5.97. The molecule has 0 bridgehead atoms. The van der Waals surface area contributed by atoms with Crippen molar-refractivity contribution >= 4 is 5.84 Å². The fourth-order valence-corrected chi connectivity index (χ4v) is 2.63. The van der Waals surface area contributed by atoms with Crippen LogP contribution in [0.15, 0.2) is 82.7 Å². The van der Waals surface area contributed by atoms with E-state index in [1.54, 1.807) is 23.9 Å². The average Bonchev–Trinajstić information content (AvgIpc) is 2.69. The largest absolute Gasteiger partial charge is 0.497 e. The van der Waals surface area contributed by atoms with E-state index >= 15 is 0 Å². The van der Waals surface area contributed by atoms with Gasteiger partial charge in [-0.15, -0.1) is 0 Å². The minimum Gasteiger partial charge on any atom is -0.497 e. The second kappa shape index (κ2) is 8.16. The molecule has 0 radical (unpaired) electrons. The van der Waals surface area contributed by atoms with Gasteiger partial charge in [0.2, 0.25) is 0 Å². The Bertz CT molecular complexity index is 945. The molecule has 3 rings (SSSR count). The molecule has 26 heavy (non-hydrogen) atoms. The first kappa shape index (κ1) is 17.5. The summed E-state index contributed by atoms with van der Waals surface area (Å²) in [6, 6.07) is 20.9. The number of nitrogens with two attached hydrogens (primary N) is 1. The van der Waals surface area contributed by atoms with E-state index in [0.29, 0.717) is 18.7 Å². The second-order valence-corrected chi connectivity index (χ2v) is 5.89. The molecule has 0 aliphatic heterocycles. The van der Waals surface area contributed by atoms with E-state index < -0.39 is 0 Å². The van der Waals surface area contributed by atoms with Crippen LogP contribution in [0.3, 0.4) is 0 Å². The zero-order chi connectivity index (χ0) is 18.4. The average molecular weight is 347 g/mol. The highest BCUT2D eigenvalue weighted by Gasteiger charge is 2.08. The van der Waals surface area contributed by atoms with E-state index in [0.717, 1.165) is 16.9 Å². The quantitative estimate of drug-likeness (QED) is 0.551. The molecule has 1 heterocycles. The van der Waals surface area contributed by atoms with Crippen LogP contribution in [0.5, 0.6) is 5.75 Å². The van der Waals surface area contributed by atoms with Crippen molar-refractivity contribution in [2.24, 2.45) is 10.7 Å². The van der Waals surface area contributed by atoms with Crippen molar-refractivity contribution < 1.29 is 4.74 Å². The first-order chi connectivity index (χ1) is 12.7. The fraction of sp³-hybridized carbons (Fsp3) is 0.143. The van der Waals surface area contributed by atoms with Gasteiger partial charge in [-0.25, -0.2) is 0 Å². The molecule has 0 spiro atoms. The molecule has 0 atom stereocenters. The van der Waals surface area contributed by atoms with Crippen molar-refractivity contribution in [1.29, 1.82) is 0 Å². The lowest BCUT2D eigenvalue weighted by molar-refractivity contribution is 0.414. The third kappa shape index (κ3) is 4.19. The van der Waals surface area contributed by atoms with Crippen LogP contribution in [0.25, 0.3) is 0 Å². The molecule has 3 aromatic rings. The molecule has 0 aliphatic rings. The summed E-state index contributed by atoms with van der Waals surface area (Å²) in [6.07, 6.45) is 1.75. The standard InChI is InChI=1S/C21H21N3O2/c1-26-18-11-9-17(10-12-18)15-24-13-5-8-19(21(24)25)20(22)23-14-16-6-3-2-4-7-16/h2-13H,14-15H2,1H3,(H2,22,23). The summed E-state index contributed by atoms with van der Waals surface area (Å²) in [4.78, 5) is 17.1. The van der Waals surface area contributed by atoms with Crippen molar-refractivity contribution in [3.63, 3.8) is 0 Å². The van der Waals surface area contributed by atoms with Crippen molar-refractivity contribution in [3.05, 3.63) is 100.0 Å². The number of pyridine rings is 1. The van der Waals surface area contributed by atoms with Crippen LogP contribution in [0.4, 0.5) is 0 Å². The molecule has 0 amide bonds. The molecule has 132 valence electrons. The van der Waals surface area contributed by atoms with E-state index in [2.05, 4.69) is 4.99 Å². The fourth-order valence-electron chi connectivity index (χ4n) is 2.63. The number of methoxy groups -OCH3 is 1. The second-order valence-electron chi connectivity index (χ2n) is 5.89. The van der Waals surface area contributed by atoms with Crippen molar-refractivity contribution in [2.45, 2.75) is 13.1 Å². The summed E-state index contributed by atoms with van der Waals surface area (Å²) in [5.74, 6) is 1.04.